The third-order valence-electron chi connectivity index (χ3n) is 5.50. The van der Waals surface area contributed by atoms with Gasteiger partial charge in [-0.1, -0.05) is 53.7 Å². The summed E-state index contributed by atoms with van der Waals surface area (Å²) in [7, 11) is -0.775. The van der Waals surface area contributed by atoms with Crippen molar-refractivity contribution in [1.29, 1.82) is 0 Å². The fourth-order valence-corrected chi connectivity index (χ4v) is 4.05. The topological polar surface area (TPSA) is 92.8 Å². The second-order valence-electron chi connectivity index (χ2n) is 10.7. The van der Waals surface area contributed by atoms with Crippen LogP contribution < -0.4 is 5.32 Å². The van der Waals surface area contributed by atoms with Gasteiger partial charge in [0.05, 0.1) is 10.5 Å². The molecule has 1 amide bonds. The Morgan fingerprint density at radius 1 is 0.912 bits per heavy atom. The van der Waals surface area contributed by atoms with E-state index < -0.39 is 28.5 Å². The van der Waals surface area contributed by atoms with Gasteiger partial charge in [0, 0.05) is 19.8 Å². The van der Waals surface area contributed by atoms with E-state index in [2.05, 4.69) is 52.9 Å². The highest BCUT2D eigenvalue weighted by molar-refractivity contribution is 7.89. The predicted molar refractivity (Wildman–Crippen MR) is 135 cm³/mol. The van der Waals surface area contributed by atoms with Gasteiger partial charge < -0.3 is 10.1 Å². The summed E-state index contributed by atoms with van der Waals surface area (Å²) in [5.41, 5.74) is 3.10. The maximum absolute atomic E-state index is 12.8. The number of ether oxygens (including phenoxy) is 1. The Balaban J connectivity index is 2.20. The maximum atomic E-state index is 12.8. The minimum atomic E-state index is -3.65. The molecule has 0 heterocycles. The standard InChI is InChI=1S/C26H36N2O5S/c1-17-10-11-21(34(31,32)28(8)9)15-22(17)27-23(29)16-33-24(30)18-12-19(25(2,3)4)14-20(13-18)26(5,6)7/h10-15H,16H2,1-9H3,(H,27,29). The number of nitrogens with zero attached hydrogens (tertiary/aromatic N) is 1. The Hall–Kier alpha value is -2.71. The number of hydrogen-bond acceptors (Lipinski definition) is 5. The first-order valence-corrected chi connectivity index (χ1v) is 12.5. The highest BCUT2D eigenvalue weighted by Gasteiger charge is 2.23. The molecule has 34 heavy (non-hydrogen) atoms. The summed E-state index contributed by atoms with van der Waals surface area (Å²) in [5.74, 6) is -1.15. The molecule has 0 aliphatic rings. The van der Waals surface area contributed by atoms with Crippen molar-refractivity contribution in [2.75, 3.05) is 26.0 Å². The lowest BCUT2D eigenvalue weighted by Gasteiger charge is -2.25. The average Bonchev–Trinajstić information content (AvgIpc) is 2.71. The van der Waals surface area contributed by atoms with Crippen molar-refractivity contribution in [2.24, 2.45) is 0 Å². The molecule has 0 aliphatic heterocycles. The maximum Gasteiger partial charge on any atom is 0.338 e. The van der Waals surface area contributed by atoms with Crippen LogP contribution in [0.25, 0.3) is 0 Å². The molecule has 2 aromatic rings. The van der Waals surface area contributed by atoms with Crippen molar-refractivity contribution in [3.8, 4) is 0 Å². The second kappa shape index (κ2) is 9.88. The Labute approximate surface area is 203 Å². The van der Waals surface area contributed by atoms with Crippen LogP contribution in [0.15, 0.2) is 41.3 Å². The molecule has 2 aromatic carbocycles. The average molecular weight is 489 g/mol. The molecule has 186 valence electrons. The molecule has 0 atom stereocenters. The minimum Gasteiger partial charge on any atom is -0.452 e. The number of anilines is 1. The summed E-state index contributed by atoms with van der Waals surface area (Å²) in [4.78, 5) is 25.4. The van der Waals surface area contributed by atoms with Crippen molar-refractivity contribution in [1.82, 2.24) is 4.31 Å². The molecule has 0 aliphatic carbocycles. The van der Waals surface area contributed by atoms with E-state index in [1.807, 2.05) is 0 Å². The molecular formula is C26H36N2O5S. The molecule has 2 rings (SSSR count). The lowest BCUT2D eigenvalue weighted by molar-refractivity contribution is -0.119. The molecule has 0 radical (unpaired) electrons. The van der Waals surface area contributed by atoms with Crippen molar-refractivity contribution in [3.05, 3.63) is 58.7 Å². The van der Waals surface area contributed by atoms with Crippen molar-refractivity contribution >= 4 is 27.6 Å². The number of rotatable bonds is 6. The Bertz CT molecular complexity index is 1150. The second-order valence-corrected chi connectivity index (χ2v) is 12.8. The molecule has 1 N–H and O–H groups in total. The van der Waals surface area contributed by atoms with Crippen LogP contribution in [0, 0.1) is 6.92 Å². The van der Waals surface area contributed by atoms with Crippen LogP contribution in [0.1, 0.15) is 68.6 Å². The fraction of sp³-hybridized carbons (Fsp3) is 0.462. The summed E-state index contributed by atoms with van der Waals surface area (Å²) in [5, 5.41) is 2.64. The summed E-state index contributed by atoms with van der Waals surface area (Å²) in [6.45, 7) is 13.7. The number of amides is 1. The predicted octanol–water partition coefficient (Wildman–Crippen LogP) is 4.64. The zero-order chi connectivity index (χ0) is 26.1. The van der Waals surface area contributed by atoms with Gasteiger partial charge in [-0.2, -0.15) is 0 Å². The summed E-state index contributed by atoms with van der Waals surface area (Å²) >= 11 is 0. The minimum absolute atomic E-state index is 0.0594. The number of nitrogens with one attached hydrogen (secondary N) is 1. The molecule has 8 heteroatoms. The summed E-state index contributed by atoms with van der Waals surface area (Å²) in [6.07, 6.45) is 0. The molecule has 0 fully saturated rings. The van der Waals surface area contributed by atoms with Gasteiger partial charge in [0.1, 0.15) is 0 Å². The van der Waals surface area contributed by atoms with Gasteiger partial charge in [-0.05, 0) is 58.7 Å². The first kappa shape index (κ1) is 27.5. The van der Waals surface area contributed by atoms with E-state index in [1.165, 1.54) is 26.2 Å². The van der Waals surface area contributed by atoms with Crippen LogP contribution in [-0.2, 0) is 30.4 Å². The van der Waals surface area contributed by atoms with Crippen LogP contribution in [0.2, 0.25) is 0 Å². The van der Waals surface area contributed by atoms with Crippen molar-refractivity contribution in [3.63, 3.8) is 0 Å². The van der Waals surface area contributed by atoms with Gasteiger partial charge in [-0.25, -0.2) is 17.5 Å². The molecule has 0 saturated carbocycles. The number of carbonyl (C=O) groups is 2. The third kappa shape index (κ3) is 6.67. The highest BCUT2D eigenvalue weighted by Crippen LogP contribution is 2.30. The van der Waals surface area contributed by atoms with E-state index in [-0.39, 0.29) is 15.7 Å². The van der Waals surface area contributed by atoms with Crippen LogP contribution in [-0.4, -0.2) is 45.3 Å². The first-order valence-electron chi connectivity index (χ1n) is 11.1. The van der Waals surface area contributed by atoms with Crippen molar-refractivity contribution in [2.45, 2.75) is 64.2 Å². The highest BCUT2D eigenvalue weighted by atomic mass is 32.2. The van der Waals surface area contributed by atoms with E-state index in [9.17, 15) is 18.0 Å². The smallest absolute Gasteiger partial charge is 0.338 e. The van der Waals surface area contributed by atoms with E-state index in [0.717, 1.165) is 15.4 Å². The Kier molecular flexibility index (Phi) is 8.00. The first-order chi connectivity index (χ1) is 15.4. The molecular weight excluding hydrogens is 452 g/mol. The number of esters is 1. The van der Waals surface area contributed by atoms with Gasteiger partial charge in [0.15, 0.2) is 6.61 Å². The number of aryl methyl sites for hydroxylation is 1. The molecule has 0 aromatic heterocycles. The lowest BCUT2D eigenvalue weighted by atomic mass is 9.79. The summed E-state index contributed by atoms with van der Waals surface area (Å²) < 4.78 is 31.2. The van der Waals surface area contributed by atoms with E-state index in [1.54, 1.807) is 25.1 Å². The number of benzene rings is 2. The Morgan fingerprint density at radius 3 is 1.91 bits per heavy atom. The zero-order valence-corrected chi connectivity index (χ0v) is 22.4. The molecule has 0 unspecified atom stereocenters. The van der Waals surface area contributed by atoms with Gasteiger partial charge in [0.2, 0.25) is 10.0 Å². The largest absolute Gasteiger partial charge is 0.452 e. The number of sulfonamides is 1. The van der Waals surface area contributed by atoms with Crippen LogP contribution in [0.4, 0.5) is 5.69 Å². The number of hydrogen-bond donors (Lipinski definition) is 1. The molecule has 7 nitrogen and oxygen atoms in total. The van der Waals surface area contributed by atoms with E-state index in [0.29, 0.717) is 16.8 Å². The normalized spacial score (nSPS) is 12.5. The molecule has 0 spiro atoms. The van der Waals surface area contributed by atoms with Gasteiger partial charge in [0.25, 0.3) is 5.91 Å². The molecule has 0 saturated heterocycles. The Morgan fingerprint density at radius 2 is 1.44 bits per heavy atom. The molecule has 0 bridgehead atoms. The van der Waals surface area contributed by atoms with Crippen LogP contribution in [0.3, 0.4) is 0 Å². The van der Waals surface area contributed by atoms with E-state index in [4.69, 9.17) is 4.74 Å². The van der Waals surface area contributed by atoms with Crippen LogP contribution in [0.5, 0.6) is 0 Å². The van der Waals surface area contributed by atoms with Gasteiger partial charge in [-0.15, -0.1) is 0 Å². The summed E-state index contributed by atoms with van der Waals surface area (Å²) in [6, 6.07) is 10.2. The van der Waals surface area contributed by atoms with Gasteiger partial charge >= 0.3 is 5.97 Å². The van der Waals surface area contributed by atoms with Gasteiger partial charge in [-0.3, -0.25) is 4.79 Å². The van der Waals surface area contributed by atoms with Crippen molar-refractivity contribution < 1.29 is 22.7 Å². The van der Waals surface area contributed by atoms with Crippen LogP contribution >= 0.6 is 0 Å². The number of carbonyl (C=O) groups excluding carboxylic acids is 2. The lowest BCUT2D eigenvalue weighted by Crippen LogP contribution is -2.24. The fourth-order valence-electron chi connectivity index (χ4n) is 3.12. The quantitative estimate of drug-likeness (QED) is 0.598. The monoisotopic (exact) mass is 488 g/mol. The van der Waals surface area contributed by atoms with E-state index >= 15 is 0 Å². The zero-order valence-electron chi connectivity index (χ0n) is 21.6. The third-order valence-corrected chi connectivity index (χ3v) is 7.31. The SMILES string of the molecule is Cc1ccc(S(=O)(=O)N(C)C)cc1NC(=O)COC(=O)c1cc(C(C)(C)C)cc(C(C)(C)C)c1.